The van der Waals surface area contributed by atoms with Gasteiger partial charge in [0.05, 0.1) is 0 Å². The molecule has 1 N–H and O–H groups in total. The number of hydrogen-bond acceptors (Lipinski definition) is 4. The Morgan fingerprint density at radius 2 is 2.44 bits per heavy atom. The summed E-state index contributed by atoms with van der Waals surface area (Å²) in [5, 5.41) is 0. The van der Waals surface area contributed by atoms with E-state index in [4.69, 9.17) is 0 Å². The van der Waals surface area contributed by atoms with Gasteiger partial charge in [0.25, 0.3) is 0 Å². The van der Waals surface area contributed by atoms with Crippen molar-refractivity contribution in [1.82, 2.24) is 5.48 Å². The Labute approximate surface area is 61.6 Å². The van der Waals surface area contributed by atoms with Crippen LogP contribution in [-0.4, -0.2) is 13.2 Å². The Balaban J connectivity index is 3.06. The maximum absolute atomic E-state index is 10.5. The van der Waals surface area contributed by atoms with E-state index in [9.17, 15) is 3.32 Å². The number of hydrogen-bond donors (Lipinski definition) is 1. The third-order valence-electron chi connectivity index (χ3n) is 0.520. The summed E-state index contributed by atoms with van der Waals surface area (Å²) in [4.78, 5) is 0. The van der Waals surface area contributed by atoms with E-state index in [2.05, 4.69) is 19.1 Å². The first-order valence-electron chi connectivity index (χ1n) is 2.67. The molecule has 0 fully saturated rings. The molecule has 0 aromatic heterocycles. The Bertz CT molecular complexity index is 87.9. The molecule has 0 saturated carbocycles. The van der Waals surface area contributed by atoms with Crippen molar-refractivity contribution in [1.29, 1.82) is 0 Å². The monoisotopic (exact) mass is 168 g/mol. The second kappa shape index (κ2) is 6.51. The van der Waals surface area contributed by atoms with E-state index in [1.54, 1.807) is 6.92 Å². The molecule has 0 rings (SSSR count). The van der Waals surface area contributed by atoms with E-state index in [0.29, 0.717) is 13.2 Å². The van der Waals surface area contributed by atoms with Gasteiger partial charge in [0.15, 0.2) is 0 Å². The molecule has 0 saturated heterocycles. The zero-order valence-electron chi connectivity index (χ0n) is 5.35. The summed E-state index contributed by atoms with van der Waals surface area (Å²) < 4.78 is 19.7. The summed E-state index contributed by atoms with van der Waals surface area (Å²) in [6.07, 6.45) is 0. The van der Waals surface area contributed by atoms with Crippen LogP contribution in [0.4, 0.5) is 0 Å². The predicted octanol–water partition coefficient (Wildman–Crippen LogP) is 0.172. The molecule has 0 spiro atoms. The quantitative estimate of drug-likeness (QED) is 0.469. The maximum atomic E-state index is 10.5. The fraction of sp³-hybridized carbons (Fsp3) is 0.750. The molecule has 0 amide bonds. The van der Waals surface area contributed by atoms with Crippen molar-refractivity contribution in [2.24, 2.45) is 0 Å². The van der Waals surface area contributed by atoms with Crippen molar-refractivity contribution in [2.75, 3.05) is 13.2 Å². The summed E-state index contributed by atoms with van der Waals surface area (Å²) in [6.45, 7) is 6.00. The molecule has 1 radical (unpaired) electrons. The summed E-state index contributed by atoms with van der Waals surface area (Å²) in [5.41, 5.74) is 2.36. The van der Waals surface area contributed by atoms with Gasteiger partial charge in [0, 0.05) is 0 Å². The van der Waals surface area contributed by atoms with Gasteiger partial charge in [-0.2, -0.15) is 0 Å². The zero-order valence-corrected chi connectivity index (χ0v) is 6.91. The van der Waals surface area contributed by atoms with Crippen LogP contribution >= 0.6 is 0 Å². The van der Waals surface area contributed by atoms with Crippen LogP contribution in [0.1, 0.15) is 6.92 Å². The molecule has 4 nitrogen and oxygen atoms in total. The van der Waals surface area contributed by atoms with Crippen LogP contribution in [0.5, 0.6) is 0 Å². The fourth-order valence-electron chi connectivity index (χ4n) is 0.257. The van der Waals surface area contributed by atoms with Crippen molar-refractivity contribution in [3.05, 3.63) is 6.92 Å². The van der Waals surface area contributed by atoms with Gasteiger partial charge in [0.2, 0.25) is 0 Å². The topological polar surface area (TPSA) is 47.6 Å². The first-order chi connectivity index (χ1) is 4.31. The van der Waals surface area contributed by atoms with E-state index >= 15 is 0 Å². The zero-order chi connectivity index (χ0) is 7.11. The van der Waals surface area contributed by atoms with Gasteiger partial charge in [-0.3, -0.25) is 0 Å². The van der Waals surface area contributed by atoms with Gasteiger partial charge in [0.1, 0.15) is 0 Å². The molecule has 0 atom stereocenters. The molecule has 0 aromatic carbocycles. The minimum atomic E-state index is -2.86. The molecule has 0 aliphatic heterocycles. The van der Waals surface area contributed by atoms with E-state index in [1.165, 1.54) is 0 Å². The van der Waals surface area contributed by atoms with Gasteiger partial charge >= 0.3 is 61.2 Å². The van der Waals surface area contributed by atoms with Gasteiger partial charge in [-0.1, -0.05) is 0 Å². The molecule has 0 bridgehead atoms. The SMILES string of the molecule is [CH2]CN[O][Ti](=[O])[O]CC. The molecule has 5 heteroatoms. The molecular weight excluding hydrogens is 158 g/mol. The third-order valence-corrected chi connectivity index (χ3v) is 1.82. The molecule has 0 aromatic rings. The Morgan fingerprint density at radius 1 is 1.78 bits per heavy atom. The van der Waals surface area contributed by atoms with Gasteiger partial charge in [-0.05, 0) is 0 Å². The van der Waals surface area contributed by atoms with Crippen LogP contribution in [0.3, 0.4) is 0 Å². The number of rotatable bonds is 5. The first kappa shape index (κ1) is 9.39. The minimum absolute atomic E-state index is 0.395. The molecule has 9 heavy (non-hydrogen) atoms. The predicted molar refractivity (Wildman–Crippen MR) is 26.8 cm³/mol. The van der Waals surface area contributed by atoms with E-state index in [-0.39, 0.29) is 0 Å². The Hall–Kier alpha value is 0.394. The van der Waals surface area contributed by atoms with Crippen molar-refractivity contribution in [3.63, 3.8) is 0 Å². The molecule has 0 unspecified atom stereocenters. The summed E-state index contributed by atoms with van der Waals surface area (Å²) in [5.74, 6) is 0. The van der Waals surface area contributed by atoms with E-state index in [1.807, 2.05) is 0 Å². The van der Waals surface area contributed by atoms with Crippen LogP contribution < -0.4 is 5.48 Å². The summed E-state index contributed by atoms with van der Waals surface area (Å²) in [6, 6.07) is 0. The van der Waals surface area contributed by atoms with E-state index in [0.717, 1.165) is 0 Å². The first-order valence-corrected chi connectivity index (χ1v) is 4.58. The average Bonchev–Trinajstić information content (AvgIpc) is 1.85. The average molecular weight is 168 g/mol. The number of nitrogens with one attached hydrogen (secondary N) is 1. The van der Waals surface area contributed by atoms with Crippen LogP contribution in [0.15, 0.2) is 0 Å². The molecular formula is C4H10NO3Ti. The Kier molecular flexibility index (Phi) is 6.80. The van der Waals surface area contributed by atoms with Crippen LogP contribution in [-0.2, 0) is 28.7 Å². The molecule has 0 aliphatic rings. The van der Waals surface area contributed by atoms with Gasteiger partial charge in [-0.15, -0.1) is 0 Å². The van der Waals surface area contributed by atoms with E-state index < -0.39 is 18.6 Å². The van der Waals surface area contributed by atoms with Crippen LogP contribution in [0, 0.1) is 6.92 Å². The molecule has 0 heterocycles. The normalized spacial score (nSPS) is 9.56. The molecule has 0 aliphatic carbocycles. The van der Waals surface area contributed by atoms with Crippen molar-refractivity contribution >= 4 is 0 Å². The summed E-state index contributed by atoms with van der Waals surface area (Å²) >= 11 is -2.86. The number of hydroxylamine groups is 1. The standard InChI is InChI=1S/C2H5NO.C2H5O.O.Ti/c1-2-3-4;1-2-3;;/h3H,1-2H2;2H2,1H3;;/q2*-1;;+2. The van der Waals surface area contributed by atoms with Crippen molar-refractivity contribution in [3.8, 4) is 0 Å². The third kappa shape index (κ3) is 6.28. The van der Waals surface area contributed by atoms with Crippen molar-refractivity contribution in [2.45, 2.75) is 6.92 Å². The Morgan fingerprint density at radius 3 is 2.89 bits per heavy atom. The molecule has 53 valence electrons. The van der Waals surface area contributed by atoms with Crippen molar-refractivity contribution < 1.29 is 28.7 Å². The van der Waals surface area contributed by atoms with Gasteiger partial charge in [-0.25, -0.2) is 0 Å². The summed E-state index contributed by atoms with van der Waals surface area (Å²) in [7, 11) is 0. The van der Waals surface area contributed by atoms with Crippen LogP contribution in [0.2, 0.25) is 0 Å². The van der Waals surface area contributed by atoms with Crippen LogP contribution in [0.25, 0.3) is 0 Å². The second-order valence-electron chi connectivity index (χ2n) is 1.18. The van der Waals surface area contributed by atoms with Gasteiger partial charge < -0.3 is 0 Å². The fourth-order valence-corrected chi connectivity index (χ4v) is 1.06. The second-order valence-corrected chi connectivity index (χ2v) is 2.73.